The Labute approximate surface area is 135 Å². The third-order valence-corrected chi connectivity index (χ3v) is 4.12. The molecule has 1 saturated heterocycles. The van der Waals surface area contributed by atoms with Gasteiger partial charge >= 0.3 is 6.03 Å². The monoisotopic (exact) mass is 322 g/mol. The highest BCUT2D eigenvalue weighted by atomic mass is 19.1. The van der Waals surface area contributed by atoms with Gasteiger partial charge in [0.15, 0.2) is 11.6 Å². The number of rotatable bonds is 6. The molecular formula is C17H23FN2O3. The van der Waals surface area contributed by atoms with Crippen molar-refractivity contribution in [1.29, 1.82) is 0 Å². The number of halogens is 1. The lowest BCUT2D eigenvalue weighted by atomic mass is 9.92. The van der Waals surface area contributed by atoms with Gasteiger partial charge in [-0.15, -0.1) is 0 Å². The predicted molar refractivity (Wildman–Crippen MR) is 84.5 cm³/mol. The number of hydrogen-bond acceptors (Lipinski definition) is 3. The number of hydrogen-bond donors (Lipinski definition) is 1. The van der Waals surface area contributed by atoms with Crippen LogP contribution in [-0.4, -0.2) is 29.5 Å². The van der Waals surface area contributed by atoms with Crippen molar-refractivity contribution < 1.29 is 18.7 Å². The zero-order valence-corrected chi connectivity index (χ0v) is 14.0. The number of methoxy groups -OCH3 is 1. The highest BCUT2D eigenvalue weighted by Crippen LogP contribution is 2.27. The minimum atomic E-state index is -0.883. The first kappa shape index (κ1) is 17.2. The van der Waals surface area contributed by atoms with Gasteiger partial charge in [-0.3, -0.25) is 9.69 Å². The molecular weight excluding hydrogens is 299 g/mol. The Hall–Kier alpha value is -2.11. The topological polar surface area (TPSA) is 58.6 Å². The lowest BCUT2D eigenvalue weighted by molar-refractivity contribution is -0.131. The molecule has 1 aromatic carbocycles. The molecule has 23 heavy (non-hydrogen) atoms. The Bertz CT molecular complexity index is 618. The Morgan fingerprint density at radius 3 is 2.61 bits per heavy atom. The number of carbonyl (C=O) groups is 2. The molecule has 1 atom stereocenters. The second-order valence-corrected chi connectivity index (χ2v) is 6.55. The van der Waals surface area contributed by atoms with Crippen LogP contribution in [0.3, 0.4) is 0 Å². The molecule has 1 aliphatic heterocycles. The average Bonchev–Trinajstić information content (AvgIpc) is 2.69. The molecule has 0 radical (unpaired) electrons. The summed E-state index contributed by atoms with van der Waals surface area (Å²) >= 11 is 0. The van der Waals surface area contributed by atoms with Crippen LogP contribution in [0, 0.1) is 11.7 Å². The maximum absolute atomic E-state index is 13.8. The molecule has 1 aromatic rings. The van der Waals surface area contributed by atoms with Crippen molar-refractivity contribution in [3.05, 3.63) is 29.6 Å². The van der Waals surface area contributed by atoms with Crippen LogP contribution in [0.5, 0.6) is 5.75 Å². The Morgan fingerprint density at radius 2 is 2.04 bits per heavy atom. The smallest absolute Gasteiger partial charge is 0.325 e. The SMILES string of the molecule is COc1ccc(CN2C(=O)N[C@@](C)(CCC(C)C)C2=O)cc1F. The molecule has 0 bridgehead atoms. The first-order chi connectivity index (χ1) is 10.8. The zero-order valence-electron chi connectivity index (χ0n) is 14.0. The molecule has 5 nitrogen and oxygen atoms in total. The molecule has 0 spiro atoms. The fourth-order valence-corrected chi connectivity index (χ4v) is 2.63. The van der Waals surface area contributed by atoms with Gasteiger partial charge in [0, 0.05) is 0 Å². The van der Waals surface area contributed by atoms with Gasteiger partial charge in [-0.2, -0.15) is 0 Å². The standard InChI is InChI=1S/C17H23FN2O3/c1-11(2)7-8-17(3)15(21)20(16(22)19-17)10-12-5-6-14(23-4)13(18)9-12/h5-6,9,11H,7-8,10H2,1-4H3,(H,19,22)/t17-/m0/s1. The molecule has 1 N–H and O–H groups in total. The van der Waals surface area contributed by atoms with Crippen molar-refractivity contribution in [3.63, 3.8) is 0 Å². The molecule has 0 aliphatic carbocycles. The predicted octanol–water partition coefficient (Wildman–Crippen LogP) is 3.08. The van der Waals surface area contributed by atoms with E-state index in [-0.39, 0.29) is 18.2 Å². The van der Waals surface area contributed by atoms with E-state index in [0.717, 1.165) is 11.3 Å². The fourth-order valence-electron chi connectivity index (χ4n) is 2.63. The van der Waals surface area contributed by atoms with Crippen LogP contribution in [0.2, 0.25) is 0 Å². The first-order valence-corrected chi connectivity index (χ1v) is 7.73. The lowest BCUT2D eigenvalue weighted by Crippen LogP contribution is -2.44. The fraction of sp³-hybridized carbons (Fsp3) is 0.529. The third kappa shape index (κ3) is 3.63. The van der Waals surface area contributed by atoms with Crippen LogP contribution in [0.1, 0.15) is 39.2 Å². The van der Waals surface area contributed by atoms with E-state index in [0.29, 0.717) is 17.9 Å². The summed E-state index contributed by atoms with van der Waals surface area (Å²) in [6.45, 7) is 5.93. The van der Waals surface area contributed by atoms with E-state index in [4.69, 9.17) is 4.74 Å². The largest absolute Gasteiger partial charge is 0.494 e. The molecule has 1 heterocycles. The van der Waals surface area contributed by atoms with Crippen LogP contribution < -0.4 is 10.1 Å². The molecule has 0 aromatic heterocycles. The van der Waals surface area contributed by atoms with Gasteiger partial charge in [0.1, 0.15) is 5.54 Å². The van der Waals surface area contributed by atoms with E-state index < -0.39 is 17.4 Å². The van der Waals surface area contributed by atoms with Gasteiger partial charge in [-0.1, -0.05) is 19.9 Å². The van der Waals surface area contributed by atoms with E-state index in [1.54, 1.807) is 13.0 Å². The second-order valence-electron chi connectivity index (χ2n) is 6.55. The summed E-state index contributed by atoms with van der Waals surface area (Å²) in [7, 11) is 1.38. The Balaban J connectivity index is 2.13. The van der Waals surface area contributed by atoms with Gasteiger partial charge in [0.25, 0.3) is 5.91 Å². The highest BCUT2D eigenvalue weighted by molar-refractivity contribution is 6.06. The van der Waals surface area contributed by atoms with E-state index >= 15 is 0 Å². The summed E-state index contributed by atoms with van der Waals surface area (Å²) in [6.07, 6.45) is 1.43. The minimum Gasteiger partial charge on any atom is -0.494 e. The van der Waals surface area contributed by atoms with Crippen LogP contribution in [0.15, 0.2) is 18.2 Å². The number of nitrogens with zero attached hydrogens (tertiary/aromatic N) is 1. The van der Waals surface area contributed by atoms with Gasteiger partial charge in [-0.25, -0.2) is 9.18 Å². The number of imide groups is 1. The van der Waals surface area contributed by atoms with Crippen LogP contribution in [-0.2, 0) is 11.3 Å². The van der Waals surface area contributed by atoms with Crippen molar-refractivity contribution in [3.8, 4) is 5.75 Å². The number of ether oxygens (including phenoxy) is 1. The van der Waals surface area contributed by atoms with Gasteiger partial charge in [-0.05, 0) is 43.4 Å². The summed E-state index contributed by atoms with van der Waals surface area (Å²) in [4.78, 5) is 25.9. The zero-order chi connectivity index (χ0) is 17.2. The summed E-state index contributed by atoms with van der Waals surface area (Å²) in [5.74, 6) is -0.201. The number of carbonyl (C=O) groups excluding carboxylic acids is 2. The number of amides is 3. The van der Waals surface area contributed by atoms with E-state index in [9.17, 15) is 14.0 Å². The third-order valence-electron chi connectivity index (χ3n) is 4.12. The van der Waals surface area contributed by atoms with Crippen molar-refractivity contribution in [2.45, 2.75) is 45.7 Å². The normalized spacial score (nSPS) is 21.0. The summed E-state index contributed by atoms with van der Waals surface area (Å²) in [5.41, 5.74) is -0.341. The lowest BCUT2D eigenvalue weighted by Gasteiger charge is -2.22. The first-order valence-electron chi connectivity index (χ1n) is 7.73. The quantitative estimate of drug-likeness (QED) is 0.819. The Morgan fingerprint density at radius 1 is 1.35 bits per heavy atom. The number of benzene rings is 1. The summed E-state index contributed by atoms with van der Waals surface area (Å²) in [6, 6.07) is 3.98. The van der Waals surface area contributed by atoms with Crippen LogP contribution in [0.25, 0.3) is 0 Å². The molecule has 126 valence electrons. The van der Waals surface area contributed by atoms with E-state index in [2.05, 4.69) is 19.2 Å². The van der Waals surface area contributed by atoms with Crippen molar-refractivity contribution in [2.75, 3.05) is 7.11 Å². The molecule has 0 unspecified atom stereocenters. The molecule has 2 rings (SSSR count). The van der Waals surface area contributed by atoms with Gasteiger partial charge < -0.3 is 10.1 Å². The summed E-state index contributed by atoms with van der Waals surface area (Å²) in [5, 5.41) is 2.76. The van der Waals surface area contributed by atoms with Crippen molar-refractivity contribution >= 4 is 11.9 Å². The van der Waals surface area contributed by atoms with E-state index in [1.807, 2.05) is 0 Å². The summed E-state index contributed by atoms with van der Waals surface area (Å²) < 4.78 is 18.6. The van der Waals surface area contributed by atoms with Crippen LogP contribution in [0.4, 0.5) is 9.18 Å². The molecule has 0 saturated carbocycles. The van der Waals surface area contributed by atoms with Gasteiger partial charge in [0.2, 0.25) is 0 Å². The molecule has 1 fully saturated rings. The number of nitrogens with one attached hydrogen (secondary N) is 1. The van der Waals surface area contributed by atoms with Gasteiger partial charge in [0.05, 0.1) is 13.7 Å². The van der Waals surface area contributed by atoms with E-state index in [1.165, 1.54) is 19.2 Å². The average molecular weight is 322 g/mol. The van der Waals surface area contributed by atoms with Crippen molar-refractivity contribution in [2.24, 2.45) is 5.92 Å². The minimum absolute atomic E-state index is 0.0445. The second kappa shape index (κ2) is 6.56. The maximum atomic E-state index is 13.8. The Kier molecular flexibility index (Phi) is 4.92. The molecule has 3 amide bonds. The van der Waals surface area contributed by atoms with Crippen molar-refractivity contribution in [1.82, 2.24) is 10.2 Å². The maximum Gasteiger partial charge on any atom is 0.325 e. The molecule has 1 aliphatic rings. The molecule has 6 heteroatoms. The highest BCUT2D eigenvalue weighted by Gasteiger charge is 2.47. The van der Waals surface area contributed by atoms with Crippen LogP contribution >= 0.6 is 0 Å². The number of urea groups is 1.